The van der Waals surface area contributed by atoms with E-state index in [1.54, 1.807) is 18.8 Å². The number of aromatic nitrogens is 1. The molecule has 1 unspecified atom stereocenters. The average molecular weight is 309 g/mol. The van der Waals surface area contributed by atoms with Crippen LogP contribution in [0, 0.1) is 6.92 Å². The van der Waals surface area contributed by atoms with Gasteiger partial charge in [-0.25, -0.2) is 9.59 Å². The van der Waals surface area contributed by atoms with E-state index in [0.717, 1.165) is 17.1 Å². The summed E-state index contributed by atoms with van der Waals surface area (Å²) in [7, 11) is 1.67. The molecule has 1 saturated heterocycles. The quantitative estimate of drug-likeness (QED) is 0.914. The molecular weight excluding hydrogens is 290 g/mol. The maximum atomic E-state index is 12.5. The second-order valence-electron chi connectivity index (χ2n) is 5.03. The van der Waals surface area contributed by atoms with E-state index in [-0.39, 0.29) is 6.03 Å². The van der Waals surface area contributed by atoms with Gasteiger partial charge in [0.05, 0.1) is 12.2 Å². The molecule has 0 aromatic carbocycles. The minimum Gasteiger partial charge on any atom is -0.480 e. The van der Waals surface area contributed by atoms with Crippen LogP contribution in [0.25, 0.3) is 0 Å². The summed E-state index contributed by atoms with van der Waals surface area (Å²) in [4.78, 5) is 31.0. The molecule has 0 aliphatic carbocycles. The molecule has 0 bridgehead atoms. The maximum Gasteiger partial charge on any atom is 0.327 e. The fourth-order valence-electron chi connectivity index (χ4n) is 2.25. The monoisotopic (exact) mass is 309 g/mol. The third kappa shape index (κ3) is 3.87. The lowest BCUT2D eigenvalue weighted by Gasteiger charge is -2.35. The van der Waals surface area contributed by atoms with Crippen molar-refractivity contribution >= 4 is 23.8 Å². The smallest absolute Gasteiger partial charge is 0.327 e. The summed E-state index contributed by atoms with van der Waals surface area (Å²) in [6, 6.07) is 4.65. The summed E-state index contributed by atoms with van der Waals surface area (Å²) >= 11 is 1.56. The van der Waals surface area contributed by atoms with Gasteiger partial charge in [-0.3, -0.25) is 4.98 Å². The van der Waals surface area contributed by atoms with Crippen LogP contribution in [0.15, 0.2) is 18.2 Å². The van der Waals surface area contributed by atoms with Crippen molar-refractivity contribution in [2.24, 2.45) is 0 Å². The molecule has 6 nitrogen and oxygen atoms in total. The van der Waals surface area contributed by atoms with Crippen LogP contribution in [0.1, 0.15) is 11.4 Å². The molecular formula is C14H19N3O3S. The molecule has 2 rings (SSSR count). The van der Waals surface area contributed by atoms with Gasteiger partial charge in [0, 0.05) is 30.8 Å². The largest absolute Gasteiger partial charge is 0.480 e. The van der Waals surface area contributed by atoms with Gasteiger partial charge in [0.2, 0.25) is 0 Å². The van der Waals surface area contributed by atoms with E-state index < -0.39 is 12.0 Å². The summed E-state index contributed by atoms with van der Waals surface area (Å²) < 4.78 is 0. The minimum atomic E-state index is -0.947. The Bertz CT molecular complexity index is 538. The summed E-state index contributed by atoms with van der Waals surface area (Å²) in [6.07, 6.45) is 0. The lowest BCUT2D eigenvalue weighted by molar-refractivity contribution is -0.141. The standard InChI is InChI=1S/C14H19N3O3S/c1-10-4-3-5-11(15-10)8-16(2)14(20)17-6-7-21-9-12(17)13(18)19/h3-5,12H,6-9H2,1-2H3,(H,18,19). The molecule has 0 radical (unpaired) electrons. The number of carbonyl (C=O) groups is 2. The Morgan fingerprint density at radius 2 is 2.29 bits per heavy atom. The number of hydrogen-bond acceptors (Lipinski definition) is 4. The zero-order valence-corrected chi connectivity index (χ0v) is 13.0. The molecule has 7 heteroatoms. The molecule has 1 aromatic rings. The molecule has 1 fully saturated rings. The molecule has 1 atom stereocenters. The first-order valence-corrected chi connectivity index (χ1v) is 7.89. The number of carboxylic acid groups (broad SMARTS) is 1. The lowest BCUT2D eigenvalue weighted by Crippen LogP contribution is -2.54. The number of aliphatic carboxylic acids is 1. The van der Waals surface area contributed by atoms with Crippen molar-refractivity contribution in [3.63, 3.8) is 0 Å². The predicted molar refractivity (Wildman–Crippen MR) is 81.3 cm³/mol. The van der Waals surface area contributed by atoms with Crippen LogP contribution in [-0.4, -0.2) is 63.0 Å². The molecule has 2 heterocycles. The molecule has 114 valence electrons. The Balaban J connectivity index is 2.05. The van der Waals surface area contributed by atoms with Gasteiger partial charge in [0.1, 0.15) is 6.04 Å². The highest BCUT2D eigenvalue weighted by Gasteiger charge is 2.33. The number of carboxylic acids is 1. The van der Waals surface area contributed by atoms with Crippen LogP contribution >= 0.6 is 11.8 Å². The van der Waals surface area contributed by atoms with Crippen molar-refractivity contribution in [3.8, 4) is 0 Å². The van der Waals surface area contributed by atoms with E-state index >= 15 is 0 Å². The van der Waals surface area contributed by atoms with Crippen molar-refractivity contribution in [1.29, 1.82) is 0 Å². The molecule has 21 heavy (non-hydrogen) atoms. The molecule has 0 spiro atoms. The lowest BCUT2D eigenvalue weighted by atomic mass is 10.2. The van der Waals surface area contributed by atoms with Crippen LogP contribution in [-0.2, 0) is 11.3 Å². The number of hydrogen-bond donors (Lipinski definition) is 1. The topological polar surface area (TPSA) is 73.7 Å². The van der Waals surface area contributed by atoms with Gasteiger partial charge in [-0.2, -0.15) is 11.8 Å². The third-order valence-electron chi connectivity index (χ3n) is 3.33. The highest BCUT2D eigenvalue weighted by atomic mass is 32.2. The number of pyridine rings is 1. The number of carbonyl (C=O) groups excluding carboxylic acids is 1. The minimum absolute atomic E-state index is 0.258. The Hall–Kier alpha value is -1.76. The Kier molecular flexibility index (Phi) is 5.06. The van der Waals surface area contributed by atoms with Gasteiger partial charge in [0.15, 0.2) is 0 Å². The van der Waals surface area contributed by atoms with Gasteiger partial charge in [-0.1, -0.05) is 6.07 Å². The Morgan fingerprint density at radius 3 is 2.95 bits per heavy atom. The molecule has 1 aromatic heterocycles. The summed E-state index contributed by atoms with van der Waals surface area (Å²) in [5, 5.41) is 9.23. The van der Waals surface area contributed by atoms with Gasteiger partial charge in [0.25, 0.3) is 0 Å². The van der Waals surface area contributed by atoms with Crippen LogP contribution in [0.5, 0.6) is 0 Å². The number of nitrogens with zero attached hydrogens (tertiary/aromatic N) is 3. The maximum absolute atomic E-state index is 12.5. The first-order valence-electron chi connectivity index (χ1n) is 6.74. The Labute approximate surface area is 128 Å². The van der Waals surface area contributed by atoms with E-state index in [4.69, 9.17) is 0 Å². The molecule has 1 N–H and O–H groups in total. The summed E-state index contributed by atoms with van der Waals surface area (Å²) in [6.45, 7) is 2.73. The van der Waals surface area contributed by atoms with Gasteiger partial charge >= 0.3 is 12.0 Å². The molecule has 1 aliphatic rings. The zero-order chi connectivity index (χ0) is 15.4. The fourth-order valence-corrected chi connectivity index (χ4v) is 3.29. The predicted octanol–water partition coefficient (Wildman–Crippen LogP) is 1.44. The van der Waals surface area contributed by atoms with Crippen molar-refractivity contribution in [1.82, 2.24) is 14.8 Å². The number of amides is 2. The van der Waals surface area contributed by atoms with Crippen LogP contribution in [0.4, 0.5) is 4.79 Å². The molecule has 1 aliphatic heterocycles. The summed E-state index contributed by atoms with van der Waals surface area (Å²) in [5.74, 6) is 0.265. The number of urea groups is 1. The SMILES string of the molecule is Cc1cccc(CN(C)C(=O)N2CCSCC2C(=O)O)n1. The van der Waals surface area contributed by atoms with Crippen molar-refractivity contribution in [2.75, 3.05) is 25.1 Å². The van der Waals surface area contributed by atoms with E-state index in [9.17, 15) is 14.7 Å². The highest BCUT2D eigenvalue weighted by molar-refractivity contribution is 7.99. The first-order chi connectivity index (χ1) is 9.99. The van der Waals surface area contributed by atoms with Gasteiger partial charge in [-0.05, 0) is 19.1 Å². The molecule has 0 saturated carbocycles. The van der Waals surface area contributed by atoms with Gasteiger partial charge in [-0.15, -0.1) is 0 Å². The second kappa shape index (κ2) is 6.80. The summed E-state index contributed by atoms with van der Waals surface area (Å²) in [5.41, 5.74) is 1.69. The normalized spacial score (nSPS) is 18.4. The van der Waals surface area contributed by atoms with Crippen molar-refractivity contribution < 1.29 is 14.7 Å². The number of thioether (sulfide) groups is 1. The number of aryl methyl sites for hydroxylation is 1. The second-order valence-corrected chi connectivity index (χ2v) is 6.18. The highest BCUT2D eigenvalue weighted by Crippen LogP contribution is 2.18. The van der Waals surface area contributed by atoms with Crippen LogP contribution < -0.4 is 0 Å². The fraction of sp³-hybridized carbons (Fsp3) is 0.500. The zero-order valence-electron chi connectivity index (χ0n) is 12.2. The Morgan fingerprint density at radius 1 is 1.52 bits per heavy atom. The van der Waals surface area contributed by atoms with E-state index in [0.29, 0.717) is 18.8 Å². The van der Waals surface area contributed by atoms with Crippen LogP contribution in [0.3, 0.4) is 0 Å². The van der Waals surface area contributed by atoms with Gasteiger partial charge < -0.3 is 14.9 Å². The molecule has 2 amide bonds. The van der Waals surface area contributed by atoms with Crippen molar-refractivity contribution in [2.45, 2.75) is 19.5 Å². The van der Waals surface area contributed by atoms with Crippen molar-refractivity contribution in [3.05, 3.63) is 29.6 Å². The number of rotatable bonds is 3. The first kappa shape index (κ1) is 15.6. The van der Waals surface area contributed by atoms with E-state index in [2.05, 4.69) is 4.98 Å². The van der Waals surface area contributed by atoms with E-state index in [1.165, 1.54) is 9.80 Å². The average Bonchev–Trinajstić information content (AvgIpc) is 2.46. The van der Waals surface area contributed by atoms with E-state index in [1.807, 2.05) is 25.1 Å². The third-order valence-corrected chi connectivity index (χ3v) is 4.35. The van der Waals surface area contributed by atoms with Crippen LogP contribution in [0.2, 0.25) is 0 Å².